The Morgan fingerprint density at radius 3 is 2.63 bits per heavy atom. The van der Waals surface area contributed by atoms with Gasteiger partial charge in [-0.1, -0.05) is 0 Å². The van der Waals surface area contributed by atoms with E-state index in [1.807, 2.05) is 0 Å². The van der Waals surface area contributed by atoms with Crippen LogP contribution in [0.4, 0.5) is 11.4 Å². The van der Waals surface area contributed by atoms with Crippen molar-refractivity contribution < 1.29 is 4.92 Å². The van der Waals surface area contributed by atoms with E-state index in [2.05, 4.69) is 11.0 Å². The summed E-state index contributed by atoms with van der Waals surface area (Å²) < 4.78 is 0. The van der Waals surface area contributed by atoms with Gasteiger partial charge in [0.1, 0.15) is 6.07 Å². The molecule has 0 radical (unpaired) electrons. The second-order valence-electron chi connectivity index (χ2n) is 5.40. The number of nitriles is 1. The molecule has 2 fully saturated rings. The molecule has 0 N–H and O–H groups in total. The third kappa shape index (κ3) is 2.53. The van der Waals surface area contributed by atoms with Crippen LogP contribution in [0.1, 0.15) is 31.2 Å². The van der Waals surface area contributed by atoms with Gasteiger partial charge < -0.3 is 4.90 Å². The molecule has 2 aliphatic carbocycles. The second-order valence-corrected chi connectivity index (χ2v) is 5.40. The molecule has 5 heteroatoms. The fraction of sp³-hybridized carbons (Fsp3) is 0.500. The lowest BCUT2D eigenvalue weighted by Gasteiger charge is -2.25. The van der Waals surface area contributed by atoms with Gasteiger partial charge in [0.25, 0.3) is 5.69 Å². The van der Waals surface area contributed by atoms with E-state index in [0.29, 0.717) is 11.6 Å². The van der Waals surface area contributed by atoms with Crippen molar-refractivity contribution in [2.45, 2.75) is 31.7 Å². The van der Waals surface area contributed by atoms with Crippen LogP contribution in [0.2, 0.25) is 0 Å². The third-order valence-electron chi connectivity index (χ3n) is 3.76. The highest BCUT2D eigenvalue weighted by Gasteiger charge is 2.35. The molecule has 0 atom stereocenters. The first-order valence-electron chi connectivity index (χ1n) is 6.64. The van der Waals surface area contributed by atoms with Crippen LogP contribution >= 0.6 is 0 Å². The highest BCUT2D eigenvalue weighted by molar-refractivity contribution is 5.64. The Kier molecular flexibility index (Phi) is 2.86. The van der Waals surface area contributed by atoms with Gasteiger partial charge in [-0.3, -0.25) is 10.1 Å². The molecule has 0 heterocycles. The average molecular weight is 257 g/mol. The van der Waals surface area contributed by atoms with Gasteiger partial charge in [0.2, 0.25) is 0 Å². The summed E-state index contributed by atoms with van der Waals surface area (Å²) in [5, 5.41) is 20.0. The Hall–Kier alpha value is -2.09. The van der Waals surface area contributed by atoms with Crippen molar-refractivity contribution in [3.63, 3.8) is 0 Å². The Bertz CT molecular complexity index is 556. The van der Waals surface area contributed by atoms with E-state index in [0.717, 1.165) is 31.0 Å². The summed E-state index contributed by atoms with van der Waals surface area (Å²) in [7, 11) is 0. The van der Waals surface area contributed by atoms with Crippen molar-refractivity contribution >= 4 is 11.4 Å². The van der Waals surface area contributed by atoms with Crippen molar-refractivity contribution in [1.82, 2.24) is 0 Å². The Labute approximate surface area is 111 Å². The summed E-state index contributed by atoms with van der Waals surface area (Å²) in [6, 6.07) is 7.24. The molecular weight excluding hydrogens is 242 g/mol. The average Bonchev–Trinajstić information content (AvgIpc) is 3.27. The smallest absolute Gasteiger partial charge is 0.270 e. The molecule has 0 aromatic heterocycles. The molecule has 0 unspecified atom stereocenters. The maximum Gasteiger partial charge on any atom is 0.270 e. The highest BCUT2D eigenvalue weighted by Crippen LogP contribution is 2.39. The number of nitro benzene ring substituents is 1. The van der Waals surface area contributed by atoms with E-state index in [1.165, 1.54) is 25.0 Å². The maximum absolute atomic E-state index is 10.8. The van der Waals surface area contributed by atoms with Crippen molar-refractivity contribution in [2.75, 3.05) is 11.4 Å². The molecule has 2 saturated carbocycles. The molecule has 0 saturated heterocycles. The summed E-state index contributed by atoms with van der Waals surface area (Å²) in [6.07, 6.45) is 4.85. The zero-order valence-electron chi connectivity index (χ0n) is 10.6. The van der Waals surface area contributed by atoms with Crippen LogP contribution in [0.3, 0.4) is 0 Å². The number of benzene rings is 1. The van der Waals surface area contributed by atoms with Gasteiger partial charge >= 0.3 is 0 Å². The van der Waals surface area contributed by atoms with E-state index in [9.17, 15) is 15.4 Å². The van der Waals surface area contributed by atoms with Gasteiger partial charge in [-0.05, 0) is 37.7 Å². The Morgan fingerprint density at radius 2 is 2.11 bits per heavy atom. The SMILES string of the molecule is N#Cc1cc([N+](=O)[O-])ccc1N(CC1CC1)C1CC1. The van der Waals surface area contributed by atoms with Crippen LogP contribution in [-0.4, -0.2) is 17.5 Å². The number of anilines is 1. The standard InChI is InChI=1S/C14H15N3O2/c15-8-11-7-13(17(18)19)5-6-14(11)16(12-3-4-12)9-10-1-2-10/h5-7,10,12H,1-4,9H2. The molecule has 98 valence electrons. The van der Waals surface area contributed by atoms with E-state index in [4.69, 9.17) is 0 Å². The van der Waals surface area contributed by atoms with Crippen LogP contribution in [0.25, 0.3) is 0 Å². The number of non-ortho nitro benzene ring substituents is 1. The van der Waals surface area contributed by atoms with Crippen LogP contribution < -0.4 is 4.90 Å². The normalized spacial score (nSPS) is 17.8. The first kappa shape index (κ1) is 12.0. The lowest BCUT2D eigenvalue weighted by atomic mass is 10.1. The van der Waals surface area contributed by atoms with E-state index >= 15 is 0 Å². The van der Waals surface area contributed by atoms with E-state index in [1.54, 1.807) is 6.07 Å². The van der Waals surface area contributed by atoms with Gasteiger partial charge in [-0.2, -0.15) is 5.26 Å². The minimum absolute atomic E-state index is 0.0116. The van der Waals surface area contributed by atoms with Gasteiger partial charge in [0, 0.05) is 24.7 Å². The molecular formula is C14H15N3O2. The molecule has 0 amide bonds. The predicted molar refractivity (Wildman–Crippen MR) is 70.9 cm³/mol. The minimum Gasteiger partial charge on any atom is -0.367 e. The van der Waals surface area contributed by atoms with E-state index < -0.39 is 4.92 Å². The number of hydrogen-bond donors (Lipinski definition) is 0. The first-order valence-corrected chi connectivity index (χ1v) is 6.64. The number of rotatable bonds is 5. The first-order chi connectivity index (χ1) is 9.19. The summed E-state index contributed by atoms with van der Waals surface area (Å²) >= 11 is 0. The van der Waals surface area contributed by atoms with Crippen LogP contribution in [0, 0.1) is 27.4 Å². The van der Waals surface area contributed by atoms with Gasteiger partial charge in [-0.25, -0.2) is 0 Å². The Balaban J connectivity index is 1.92. The molecule has 1 aromatic rings. The van der Waals surface area contributed by atoms with Crippen molar-refractivity contribution in [1.29, 1.82) is 5.26 Å². The number of nitrogens with zero attached hydrogens (tertiary/aromatic N) is 3. The maximum atomic E-state index is 10.8. The minimum atomic E-state index is -0.451. The molecule has 0 bridgehead atoms. The lowest BCUT2D eigenvalue weighted by molar-refractivity contribution is -0.384. The van der Waals surface area contributed by atoms with Gasteiger partial charge in [0.05, 0.1) is 16.2 Å². The van der Waals surface area contributed by atoms with Crippen LogP contribution in [-0.2, 0) is 0 Å². The van der Waals surface area contributed by atoms with E-state index in [-0.39, 0.29) is 5.69 Å². The summed E-state index contributed by atoms with van der Waals surface area (Å²) in [4.78, 5) is 12.6. The zero-order chi connectivity index (χ0) is 13.4. The monoisotopic (exact) mass is 257 g/mol. The fourth-order valence-electron chi connectivity index (χ4n) is 2.39. The van der Waals surface area contributed by atoms with Crippen molar-refractivity contribution in [2.24, 2.45) is 5.92 Å². The van der Waals surface area contributed by atoms with Gasteiger partial charge in [-0.15, -0.1) is 0 Å². The molecule has 0 aliphatic heterocycles. The fourth-order valence-corrected chi connectivity index (χ4v) is 2.39. The zero-order valence-corrected chi connectivity index (χ0v) is 10.6. The third-order valence-corrected chi connectivity index (χ3v) is 3.76. The summed E-state index contributed by atoms with van der Waals surface area (Å²) in [5.41, 5.74) is 1.27. The van der Waals surface area contributed by atoms with Crippen LogP contribution in [0.5, 0.6) is 0 Å². The molecule has 1 aromatic carbocycles. The topological polar surface area (TPSA) is 70.2 Å². The lowest BCUT2D eigenvalue weighted by Crippen LogP contribution is -2.28. The van der Waals surface area contributed by atoms with Crippen molar-refractivity contribution in [3.8, 4) is 6.07 Å². The van der Waals surface area contributed by atoms with Gasteiger partial charge in [0.15, 0.2) is 0 Å². The Morgan fingerprint density at radius 1 is 1.37 bits per heavy atom. The van der Waals surface area contributed by atoms with Crippen molar-refractivity contribution in [3.05, 3.63) is 33.9 Å². The molecule has 2 aliphatic rings. The molecule has 3 rings (SSSR count). The number of hydrogen-bond acceptors (Lipinski definition) is 4. The largest absolute Gasteiger partial charge is 0.367 e. The molecule has 19 heavy (non-hydrogen) atoms. The molecule has 5 nitrogen and oxygen atoms in total. The van der Waals surface area contributed by atoms with Crippen LogP contribution in [0.15, 0.2) is 18.2 Å². The summed E-state index contributed by atoms with van der Waals surface area (Å²) in [5.74, 6) is 0.738. The predicted octanol–water partition coefficient (Wildman–Crippen LogP) is 2.85. The molecule has 0 spiro atoms. The number of nitro groups is 1. The second kappa shape index (κ2) is 4.54. The summed E-state index contributed by atoms with van der Waals surface area (Å²) in [6.45, 7) is 0.983. The highest BCUT2D eigenvalue weighted by atomic mass is 16.6. The quantitative estimate of drug-likeness (QED) is 0.600.